The highest BCUT2D eigenvalue weighted by Gasteiger charge is 2.18. The number of benzene rings is 3. The van der Waals surface area contributed by atoms with E-state index in [0.29, 0.717) is 0 Å². The van der Waals surface area contributed by atoms with Gasteiger partial charge in [-0.3, -0.25) is 4.57 Å². The summed E-state index contributed by atoms with van der Waals surface area (Å²) in [4.78, 5) is 4.87. The summed E-state index contributed by atoms with van der Waals surface area (Å²) in [7, 11) is 3.33. The van der Waals surface area contributed by atoms with Crippen molar-refractivity contribution in [3.63, 3.8) is 0 Å². The lowest BCUT2D eigenvalue weighted by Crippen LogP contribution is -1.99. The molecular weight excluding hydrogens is 312 g/mol. The number of hydrogen-bond donors (Lipinski definition) is 0. The molecule has 124 valence electrons. The first-order valence-electron chi connectivity index (χ1n) is 8.07. The van der Waals surface area contributed by atoms with E-state index in [1.54, 1.807) is 14.2 Å². The zero-order valence-corrected chi connectivity index (χ0v) is 14.1. The van der Waals surface area contributed by atoms with Crippen LogP contribution in [0.1, 0.15) is 0 Å². The topological polar surface area (TPSA) is 36.3 Å². The van der Waals surface area contributed by atoms with Gasteiger partial charge in [0.1, 0.15) is 17.3 Å². The second-order valence-corrected chi connectivity index (χ2v) is 5.66. The van der Waals surface area contributed by atoms with Crippen molar-refractivity contribution in [1.82, 2.24) is 9.55 Å². The zero-order valence-electron chi connectivity index (χ0n) is 14.1. The van der Waals surface area contributed by atoms with Gasteiger partial charge in [-0.25, -0.2) is 4.98 Å². The maximum Gasteiger partial charge on any atom is 0.149 e. The molecule has 4 nitrogen and oxygen atoms in total. The Morgan fingerprint density at radius 2 is 1.56 bits per heavy atom. The molecule has 0 aliphatic rings. The Kier molecular flexibility index (Phi) is 3.86. The fraction of sp³-hybridized carbons (Fsp3) is 0.0952. The van der Waals surface area contributed by atoms with E-state index in [1.807, 2.05) is 54.6 Å². The van der Waals surface area contributed by atoms with Gasteiger partial charge in [-0.2, -0.15) is 0 Å². The number of fused-ring (bicyclic) bond motifs is 1. The first-order chi connectivity index (χ1) is 12.3. The van der Waals surface area contributed by atoms with E-state index in [4.69, 9.17) is 14.5 Å². The average molecular weight is 330 g/mol. The number of hydrogen-bond acceptors (Lipinski definition) is 3. The second-order valence-electron chi connectivity index (χ2n) is 5.66. The molecule has 4 aromatic rings. The van der Waals surface area contributed by atoms with Crippen molar-refractivity contribution < 1.29 is 9.47 Å². The predicted molar refractivity (Wildman–Crippen MR) is 99.6 cm³/mol. The Morgan fingerprint density at radius 1 is 0.800 bits per heavy atom. The molecule has 0 atom stereocenters. The number of aromatic nitrogens is 2. The summed E-state index contributed by atoms with van der Waals surface area (Å²) in [5.74, 6) is 2.35. The van der Waals surface area contributed by atoms with Crippen molar-refractivity contribution in [3.8, 4) is 28.6 Å². The van der Waals surface area contributed by atoms with E-state index >= 15 is 0 Å². The molecule has 1 aromatic heterocycles. The summed E-state index contributed by atoms with van der Waals surface area (Å²) in [6.07, 6.45) is 0. The third-order valence-corrected chi connectivity index (χ3v) is 4.22. The van der Waals surface area contributed by atoms with Crippen molar-refractivity contribution in [3.05, 3.63) is 72.8 Å². The SMILES string of the molecule is COc1ccc(OC)c(-c2nc3ccccc3n2-c2ccccc2)c1. The van der Waals surface area contributed by atoms with E-state index < -0.39 is 0 Å². The lowest BCUT2D eigenvalue weighted by Gasteiger charge is -2.13. The maximum absolute atomic E-state index is 5.58. The molecule has 0 N–H and O–H groups in total. The predicted octanol–water partition coefficient (Wildman–Crippen LogP) is 4.71. The van der Waals surface area contributed by atoms with Gasteiger partial charge in [0.25, 0.3) is 0 Å². The van der Waals surface area contributed by atoms with Crippen LogP contribution in [-0.2, 0) is 0 Å². The molecule has 0 aliphatic heterocycles. The number of methoxy groups -OCH3 is 2. The van der Waals surface area contributed by atoms with Crippen LogP contribution in [0.3, 0.4) is 0 Å². The molecule has 0 saturated carbocycles. The molecule has 1 heterocycles. The van der Waals surface area contributed by atoms with Gasteiger partial charge in [0.15, 0.2) is 0 Å². The fourth-order valence-corrected chi connectivity index (χ4v) is 3.03. The van der Waals surface area contributed by atoms with Gasteiger partial charge >= 0.3 is 0 Å². The highest BCUT2D eigenvalue weighted by molar-refractivity contribution is 5.84. The first kappa shape index (κ1) is 15.3. The van der Waals surface area contributed by atoms with Crippen LogP contribution in [0.2, 0.25) is 0 Å². The molecule has 0 saturated heterocycles. The van der Waals surface area contributed by atoms with E-state index in [2.05, 4.69) is 22.8 Å². The van der Waals surface area contributed by atoms with E-state index in [0.717, 1.165) is 39.6 Å². The van der Waals surface area contributed by atoms with Crippen LogP contribution < -0.4 is 9.47 Å². The minimum atomic E-state index is 0.758. The molecule has 0 unspecified atom stereocenters. The van der Waals surface area contributed by atoms with Crippen LogP contribution in [0.4, 0.5) is 0 Å². The van der Waals surface area contributed by atoms with Crippen LogP contribution in [0.15, 0.2) is 72.8 Å². The van der Waals surface area contributed by atoms with Gasteiger partial charge in [-0.15, -0.1) is 0 Å². The normalized spacial score (nSPS) is 10.8. The molecule has 0 amide bonds. The maximum atomic E-state index is 5.58. The molecular formula is C21H18N2O2. The standard InChI is InChI=1S/C21H18N2O2/c1-24-16-12-13-20(25-2)17(14-16)21-22-18-10-6-7-11-19(18)23(21)15-8-4-3-5-9-15/h3-14H,1-2H3. The molecule has 0 bridgehead atoms. The summed E-state index contributed by atoms with van der Waals surface area (Å²) < 4.78 is 13.1. The lowest BCUT2D eigenvalue weighted by molar-refractivity contribution is 0.404. The minimum Gasteiger partial charge on any atom is -0.497 e. The largest absolute Gasteiger partial charge is 0.497 e. The number of para-hydroxylation sites is 3. The van der Waals surface area contributed by atoms with E-state index in [-0.39, 0.29) is 0 Å². The summed E-state index contributed by atoms with van der Waals surface area (Å²) in [6.45, 7) is 0. The molecule has 0 radical (unpaired) electrons. The van der Waals surface area contributed by atoms with Gasteiger partial charge in [0.05, 0.1) is 30.8 Å². The van der Waals surface area contributed by atoms with Gasteiger partial charge in [0.2, 0.25) is 0 Å². The van der Waals surface area contributed by atoms with Crippen LogP contribution >= 0.6 is 0 Å². The van der Waals surface area contributed by atoms with Gasteiger partial charge in [-0.1, -0.05) is 30.3 Å². The summed E-state index contributed by atoms with van der Waals surface area (Å²) in [6, 6.07) is 24.1. The molecule has 0 aliphatic carbocycles. The van der Waals surface area contributed by atoms with Crippen molar-refractivity contribution in [1.29, 1.82) is 0 Å². The van der Waals surface area contributed by atoms with E-state index in [9.17, 15) is 0 Å². The van der Waals surface area contributed by atoms with Crippen LogP contribution in [0, 0.1) is 0 Å². The number of nitrogens with zero attached hydrogens (tertiary/aromatic N) is 2. The third-order valence-electron chi connectivity index (χ3n) is 4.22. The molecule has 4 rings (SSSR count). The molecule has 3 aromatic carbocycles. The number of rotatable bonds is 4. The summed E-state index contributed by atoms with van der Waals surface area (Å²) in [5, 5.41) is 0. The highest BCUT2D eigenvalue weighted by Crippen LogP contribution is 2.36. The first-order valence-corrected chi connectivity index (χ1v) is 8.07. The highest BCUT2D eigenvalue weighted by atomic mass is 16.5. The monoisotopic (exact) mass is 330 g/mol. The molecule has 4 heteroatoms. The molecule has 0 fully saturated rings. The smallest absolute Gasteiger partial charge is 0.149 e. The summed E-state index contributed by atoms with van der Waals surface area (Å²) >= 11 is 0. The number of imidazole rings is 1. The second kappa shape index (κ2) is 6.32. The van der Waals surface area contributed by atoms with Crippen molar-refractivity contribution in [2.24, 2.45) is 0 Å². The quantitative estimate of drug-likeness (QED) is 0.544. The van der Waals surface area contributed by atoms with Crippen molar-refractivity contribution in [2.45, 2.75) is 0 Å². The Bertz CT molecular complexity index is 1020. The molecule has 25 heavy (non-hydrogen) atoms. The van der Waals surface area contributed by atoms with Crippen LogP contribution in [-0.4, -0.2) is 23.8 Å². The molecule has 0 spiro atoms. The van der Waals surface area contributed by atoms with Gasteiger partial charge < -0.3 is 9.47 Å². The van der Waals surface area contributed by atoms with Gasteiger partial charge in [0, 0.05) is 5.69 Å². The Balaban J connectivity index is 2.06. The zero-order chi connectivity index (χ0) is 17.2. The van der Waals surface area contributed by atoms with E-state index in [1.165, 1.54) is 0 Å². The Morgan fingerprint density at radius 3 is 2.32 bits per heavy atom. The third kappa shape index (κ3) is 2.62. The fourth-order valence-electron chi connectivity index (χ4n) is 3.03. The Labute approximate surface area is 146 Å². The van der Waals surface area contributed by atoms with Crippen molar-refractivity contribution in [2.75, 3.05) is 14.2 Å². The average Bonchev–Trinajstić information content (AvgIpc) is 3.07. The lowest BCUT2D eigenvalue weighted by atomic mass is 10.1. The van der Waals surface area contributed by atoms with Crippen LogP contribution in [0.25, 0.3) is 28.1 Å². The summed E-state index contributed by atoms with van der Waals surface area (Å²) in [5.41, 5.74) is 3.93. The Hall–Kier alpha value is -3.27. The van der Waals surface area contributed by atoms with Gasteiger partial charge in [-0.05, 0) is 42.5 Å². The van der Waals surface area contributed by atoms with Crippen LogP contribution in [0.5, 0.6) is 11.5 Å². The number of ether oxygens (including phenoxy) is 2. The minimum absolute atomic E-state index is 0.758. The van der Waals surface area contributed by atoms with Crippen molar-refractivity contribution >= 4 is 11.0 Å².